The molecule has 200 valence electrons. The lowest BCUT2D eigenvalue weighted by Gasteiger charge is -2.36. The summed E-state index contributed by atoms with van der Waals surface area (Å²) < 4.78 is 30.5. The number of carbonyl (C=O) groups is 2. The molecule has 0 unspecified atom stereocenters. The van der Waals surface area contributed by atoms with E-state index in [1.807, 2.05) is 36.4 Å². The standard InChI is InChI=1S/C29H32FN3O5/c1-36-24-7-5-6-23(18-24)27(38-20-21-10-12-22(13-11-21)28(34)37-2)19-32-14-16-33(17-15-32)29(35)31-26-9-4-3-8-25(26)30/h3-13,18,27H,14-17,19-20H2,1-2H3,(H,31,35)/t27-/m0/s1. The van der Waals surface area contributed by atoms with Crippen molar-refractivity contribution in [2.45, 2.75) is 12.7 Å². The molecule has 0 radical (unpaired) electrons. The number of hydrogen-bond acceptors (Lipinski definition) is 6. The van der Waals surface area contributed by atoms with Gasteiger partial charge in [0, 0.05) is 32.7 Å². The summed E-state index contributed by atoms with van der Waals surface area (Å²) in [7, 11) is 2.98. The van der Waals surface area contributed by atoms with Gasteiger partial charge in [-0.05, 0) is 47.5 Å². The van der Waals surface area contributed by atoms with Gasteiger partial charge in [0.1, 0.15) is 11.6 Å². The number of anilines is 1. The number of ether oxygens (including phenoxy) is 3. The summed E-state index contributed by atoms with van der Waals surface area (Å²) in [6, 6.07) is 20.7. The number of nitrogens with zero attached hydrogens (tertiary/aromatic N) is 2. The second kappa shape index (κ2) is 13.0. The Morgan fingerprint density at radius 3 is 2.37 bits per heavy atom. The van der Waals surface area contributed by atoms with Crippen molar-refractivity contribution in [1.29, 1.82) is 0 Å². The van der Waals surface area contributed by atoms with E-state index in [0.29, 0.717) is 44.9 Å². The summed E-state index contributed by atoms with van der Waals surface area (Å²) in [6.45, 7) is 3.31. The van der Waals surface area contributed by atoms with E-state index in [2.05, 4.69) is 10.2 Å². The largest absolute Gasteiger partial charge is 0.497 e. The number of nitrogens with one attached hydrogen (secondary N) is 1. The summed E-state index contributed by atoms with van der Waals surface area (Å²) in [5, 5.41) is 2.65. The summed E-state index contributed by atoms with van der Waals surface area (Å²) in [4.78, 5) is 28.3. The van der Waals surface area contributed by atoms with Gasteiger partial charge in [0.2, 0.25) is 0 Å². The molecule has 1 aliphatic heterocycles. The fourth-order valence-corrected chi connectivity index (χ4v) is 4.27. The first-order chi connectivity index (χ1) is 18.5. The highest BCUT2D eigenvalue weighted by atomic mass is 19.1. The van der Waals surface area contributed by atoms with Crippen LogP contribution in [0.3, 0.4) is 0 Å². The fraction of sp³-hybridized carbons (Fsp3) is 0.310. The summed E-state index contributed by atoms with van der Waals surface area (Å²) >= 11 is 0. The summed E-state index contributed by atoms with van der Waals surface area (Å²) in [5.74, 6) is -0.0979. The molecule has 8 nitrogen and oxygen atoms in total. The van der Waals surface area contributed by atoms with Gasteiger partial charge in [-0.15, -0.1) is 0 Å². The highest BCUT2D eigenvalue weighted by Crippen LogP contribution is 2.25. The van der Waals surface area contributed by atoms with E-state index in [-0.39, 0.29) is 23.8 Å². The number of urea groups is 1. The molecule has 2 amide bonds. The summed E-state index contributed by atoms with van der Waals surface area (Å²) in [6.07, 6.45) is -0.246. The Morgan fingerprint density at radius 1 is 0.947 bits per heavy atom. The highest BCUT2D eigenvalue weighted by molar-refractivity contribution is 5.89. The average Bonchev–Trinajstić information content (AvgIpc) is 2.96. The molecule has 1 saturated heterocycles. The molecular formula is C29H32FN3O5. The van der Waals surface area contributed by atoms with Crippen molar-refractivity contribution < 1.29 is 28.2 Å². The molecule has 3 aromatic rings. The third kappa shape index (κ3) is 7.08. The lowest BCUT2D eigenvalue weighted by Crippen LogP contribution is -2.50. The second-order valence-electron chi connectivity index (χ2n) is 8.96. The topological polar surface area (TPSA) is 80.3 Å². The van der Waals surface area contributed by atoms with Crippen LogP contribution in [0, 0.1) is 5.82 Å². The van der Waals surface area contributed by atoms with Gasteiger partial charge in [0.05, 0.1) is 38.2 Å². The molecule has 3 aromatic carbocycles. The third-order valence-corrected chi connectivity index (χ3v) is 6.49. The fourth-order valence-electron chi connectivity index (χ4n) is 4.27. The molecule has 0 aromatic heterocycles. The molecule has 1 fully saturated rings. The smallest absolute Gasteiger partial charge is 0.337 e. The first kappa shape index (κ1) is 27.1. The van der Waals surface area contributed by atoms with Crippen molar-refractivity contribution in [2.24, 2.45) is 0 Å². The number of benzene rings is 3. The zero-order valence-corrected chi connectivity index (χ0v) is 21.6. The van der Waals surface area contributed by atoms with Crippen LogP contribution in [0.2, 0.25) is 0 Å². The average molecular weight is 522 g/mol. The SMILES string of the molecule is COC(=O)c1ccc(CO[C@@H](CN2CCN(C(=O)Nc3ccccc3F)CC2)c2cccc(OC)c2)cc1. The molecule has 4 rings (SSSR count). The normalized spacial score (nSPS) is 14.6. The zero-order valence-electron chi connectivity index (χ0n) is 21.6. The number of hydrogen-bond donors (Lipinski definition) is 1. The van der Waals surface area contributed by atoms with Crippen LogP contribution in [-0.4, -0.2) is 68.7 Å². The van der Waals surface area contributed by atoms with E-state index in [1.54, 1.807) is 42.3 Å². The summed E-state index contributed by atoms with van der Waals surface area (Å²) in [5.41, 5.74) is 2.57. The van der Waals surface area contributed by atoms with Gasteiger partial charge in [-0.1, -0.05) is 36.4 Å². The molecular weight excluding hydrogens is 489 g/mol. The predicted molar refractivity (Wildman–Crippen MR) is 142 cm³/mol. The molecule has 1 N–H and O–H groups in total. The predicted octanol–water partition coefficient (Wildman–Crippen LogP) is 4.73. The zero-order chi connectivity index (χ0) is 26.9. The van der Waals surface area contributed by atoms with E-state index in [4.69, 9.17) is 14.2 Å². The van der Waals surface area contributed by atoms with E-state index in [9.17, 15) is 14.0 Å². The first-order valence-corrected chi connectivity index (χ1v) is 12.4. The van der Waals surface area contributed by atoms with Gasteiger partial charge >= 0.3 is 12.0 Å². The van der Waals surface area contributed by atoms with Crippen molar-refractivity contribution in [3.8, 4) is 5.75 Å². The molecule has 0 bridgehead atoms. The number of amides is 2. The Hall–Kier alpha value is -3.95. The second-order valence-corrected chi connectivity index (χ2v) is 8.96. The van der Waals surface area contributed by atoms with Crippen LogP contribution in [0.4, 0.5) is 14.9 Å². The van der Waals surface area contributed by atoms with Crippen LogP contribution in [-0.2, 0) is 16.1 Å². The molecule has 38 heavy (non-hydrogen) atoms. The van der Waals surface area contributed by atoms with Crippen molar-refractivity contribution in [2.75, 3.05) is 52.3 Å². The molecule has 0 spiro atoms. The monoisotopic (exact) mass is 521 g/mol. The minimum atomic E-state index is -0.460. The number of esters is 1. The third-order valence-electron chi connectivity index (χ3n) is 6.49. The lowest BCUT2D eigenvalue weighted by molar-refractivity contribution is 0.00582. The molecule has 0 saturated carbocycles. The Kier molecular flexibility index (Phi) is 9.29. The maximum Gasteiger partial charge on any atom is 0.337 e. The van der Waals surface area contributed by atoms with Gasteiger partial charge < -0.3 is 24.4 Å². The minimum Gasteiger partial charge on any atom is -0.497 e. The van der Waals surface area contributed by atoms with Crippen molar-refractivity contribution in [3.05, 3.63) is 95.3 Å². The van der Waals surface area contributed by atoms with E-state index >= 15 is 0 Å². The van der Waals surface area contributed by atoms with Gasteiger partial charge in [0.25, 0.3) is 0 Å². The van der Waals surface area contributed by atoms with Crippen LogP contribution < -0.4 is 10.1 Å². The minimum absolute atomic E-state index is 0.172. The van der Waals surface area contributed by atoms with Crippen LogP contribution >= 0.6 is 0 Å². The molecule has 9 heteroatoms. The Labute approximate surface area is 221 Å². The van der Waals surface area contributed by atoms with Crippen LogP contribution in [0.25, 0.3) is 0 Å². The van der Waals surface area contributed by atoms with E-state index < -0.39 is 5.82 Å². The van der Waals surface area contributed by atoms with Gasteiger partial charge in [-0.25, -0.2) is 14.0 Å². The number of piperazine rings is 1. The van der Waals surface area contributed by atoms with E-state index in [1.165, 1.54) is 13.2 Å². The number of methoxy groups -OCH3 is 2. The number of para-hydroxylation sites is 1. The maximum absolute atomic E-state index is 13.9. The Morgan fingerprint density at radius 2 is 1.68 bits per heavy atom. The molecule has 0 aliphatic carbocycles. The van der Waals surface area contributed by atoms with Gasteiger partial charge in [0.15, 0.2) is 0 Å². The molecule has 1 aliphatic rings. The van der Waals surface area contributed by atoms with Crippen LogP contribution in [0.1, 0.15) is 27.6 Å². The molecule has 1 heterocycles. The number of halogens is 1. The van der Waals surface area contributed by atoms with Gasteiger partial charge in [-0.2, -0.15) is 0 Å². The van der Waals surface area contributed by atoms with Crippen LogP contribution in [0.5, 0.6) is 5.75 Å². The van der Waals surface area contributed by atoms with Crippen molar-refractivity contribution >= 4 is 17.7 Å². The van der Waals surface area contributed by atoms with Gasteiger partial charge in [-0.3, -0.25) is 4.90 Å². The molecule has 1 atom stereocenters. The Bertz CT molecular complexity index is 1230. The Balaban J connectivity index is 1.38. The highest BCUT2D eigenvalue weighted by Gasteiger charge is 2.25. The maximum atomic E-state index is 13.9. The number of rotatable bonds is 9. The first-order valence-electron chi connectivity index (χ1n) is 12.4. The van der Waals surface area contributed by atoms with Crippen LogP contribution in [0.15, 0.2) is 72.8 Å². The quantitative estimate of drug-likeness (QED) is 0.410. The lowest BCUT2D eigenvalue weighted by atomic mass is 10.1. The van der Waals surface area contributed by atoms with Crippen molar-refractivity contribution in [1.82, 2.24) is 9.80 Å². The van der Waals surface area contributed by atoms with Crippen molar-refractivity contribution in [3.63, 3.8) is 0 Å². The number of carbonyl (C=O) groups excluding carboxylic acids is 2. The van der Waals surface area contributed by atoms with E-state index in [0.717, 1.165) is 16.9 Å².